The average Bonchev–Trinajstić information content (AvgIpc) is 2.40. The van der Waals surface area contributed by atoms with Gasteiger partial charge in [0.15, 0.2) is 0 Å². The van der Waals surface area contributed by atoms with Crippen LogP contribution in [-0.4, -0.2) is 6.61 Å². The second-order valence-corrected chi connectivity index (χ2v) is 3.93. The third-order valence-corrected chi connectivity index (χ3v) is 2.62. The summed E-state index contributed by atoms with van der Waals surface area (Å²) in [6.07, 6.45) is 0. The van der Waals surface area contributed by atoms with Crippen molar-refractivity contribution in [2.24, 2.45) is 5.73 Å². The van der Waals surface area contributed by atoms with Crippen molar-refractivity contribution in [2.75, 3.05) is 6.61 Å². The third kappa shape index (κ3) is 3.23. The SMILES string of the molecule is CCOc1cccc(Oc2cccc(F)c2CN)c1. The molecule has 0 bridgehead atoms. The monoisotopic (exact) mass is 261 g/mol. The van der Waals surface area contributed by atoms with Gasteiger partial charge < -0.3 is 15.2 Å². The van der Waals surface area contributed by atoms with E-state index < -0.39 is 0 Å². The highest BCUT2D eigenvalue weighted by atomic mass is 19.1. The lowest BCUT2D eigenvalue weighted by molar-refractivity contribution is 0.338. The van der Waals surface area contributed by atoms with E-state index in [1.807, 2.05) is 19.1 Å². The maximum Gasteiger partial charge on any atom is 0.134 e. The standard InChI is InChI=1S/C15H16FNO2/c1-2-18-11-5-3-6-12(9-11)19-15-8-4-7-14(16)13(15)10-17/h3-9H,2,10,17H2,1H3. The molecule has 19 heavy (non-hydrogen) atoms. The minimum absolute atomic E-state index is 0.0904. The first-order chi connectivity index (χ1) is 9.24. The quantitative estimate of drug-likeness (QED) is 0.896. The first kappa shape index (κ1) is 13.4. The van der Waals surface area contributed by atoms with Gasteiger partial charge in [0.05, 0.1) is 6.61 Å². The fraction of sp³-hybridized carbons (Fsp3) is 0.200. The average molecular weight is 261 g/mol. The molecular formula is C15H16FNO2. The minimum Gasteiger partial charge on any atom is -0.494 e. The molecule has 0 atom stereocenters. The normalized spacial score (nSPS) is 10.3. The fourth-order valence-corrected chi connectivity index (χ4v) is 1.75. The second kappa shape index (κ2) is 6.20. The van der Waals surface area contributed by atoms with Crippen LogP contribution in [0.2, 0.25) is 0 Å². The smallest absolute Gasteiger partial charge is 0.134 e. The highest BCUT2D eigenvalue weighted by molar-refractivity contribution is 5.41. The van der Waals surface area contributed by atoms with Crippen LogP contribution in [0.3, 0.4) is 0 Å². The Labute approximate surface area is 111 Å². The molecule has 0 aromatic heterocycles. The van der Waals surface area contributed by atoms with Gasteiger partial charge in [-0.05, 0) is 31.2 Å². The third-order valence-electron chi connectivity index (χ3n) is 2.62. The molecule has 2 aromatic carbocycles. The summed E-state index contributed by atoms with van der Waals surface area (Å²) >= 11 is 0. The number of hydrogen-bond donors (Lipinski definition) is 1. The number of hydrogen-bond acceptors (Lipinski definition) is 3. The predicted octanol–water partition coefficient (Wildman–Crippen LogP) is 3.48. The van der Waals surface area contributed by atoms with Crippen molar-refractivity contribution in [1.29, 1.82) is 0 Å². The summed E-state index contributed by atoms with van der Waals surface area (Å²) in [5.74, 6) is 1.37. The van der Waals surface area contributed by atoms with E-state index in [0.29, 0.717) is 29.4 Å². The van der Waals surface area contributed by atoms with Crippen molar-refractivity contribution in [2.45, 2.75) is 13.5 Å². The van der Waals surface area contributed by atoms with Crippen LogP contribution in [0.15, 0.2) is 42.5 Å². The van der Waals surface area contributed by atoms with Gasteiger partial charge in [0, 0.05) is 18.2 Å². The Bertz CT molecular complexity index is 558. The van der Waals surface area contributed by atoms with Crippen molar-refractivity contribution >= 4 is 0 Å². The molecule has 0 aliphatic carbocycles. The van der Waals surface area contributed by atoms with Gasteiger partial charge >= 0.3 is 0 Å². The summed E-state index contributed by atoms with van der Waals surface area (Å²) in [5.41, 5.74) is 5.90. The van der Waals surface area contributed by atoms with Gasteiger partial charge in [0.2, 0.25) is 0 Å². The Morgan fingerprint density at radius 2 is 1.84 bits per heavy atom. The molecule has 0 radical (unpaired) electrons. The molecule has 2 aromatic rings. The maximum absolute atomic E-state index is 13.6. The van der Waals surface area contributed by atoms with Crippen LogP contribution in [0.1, 0.15) is 12.5 Å². The van der Waals surface area contributed by atoms with Crippen LogP contribution in [-0.2, 0) is 6.54 Å². The number of benzene rings is 2. The Kier molecular flexibility index (Phi) is 4.36. The molecule has 0 heterocycles. The van der Waals surface area contributed by atoms with Gasteiger partial charge in [-0.25, -0.2) is 4.39 Å². The van der Waals surface area contributed by atoms with Crippen molar-refractivity contribution in [3.8, 4) is 17.2 Å². The summed E-state index contributed by atoms with van der Waals surface area (Å²) in [6.45, 7) is 2.58. The number of ether oxygens (including phenoxy) is 2. The first-order valence-corrected chi connectivity index (χ1v) is 6.12. The van der Waals surface area contributed by atoms with E-state index in [1.165, 1.54) is 6.07 Å². The van der Waals surface area contributed by atoms with Gasteiger partial charge in [-0.15, -0.1) is 0 Å². The van der Waals surface area contributed by atoms with Crippen molar-refractivity contribution in [3.63, 3.8) is 0 Å². The minimum atomic E-state index is -0.360. The molecule has 0 spiro atoms. The first-order valence-electron chi connectivity index (χ1n) is 6.12. The predicted molar refractivity (Wildman–Crippen MR) is 72.0 cm³/mol. The lowest BCUT2D eigenvalue weighted by atomic mass is 10.2. The zero-order valence-electron chi connectivity index (χ0n) is 10.7. The second-order valence-electron chi connectivity index (χ2n) is 3.93. The summed E-state index contributed by atoms with van der Waals surface area (Å²) < 4.78 is 24.6. The molecule has 3 nitrogen and oxygen atoms in total. The van der Waals surface area contributed by atoms with E-state index in [4.69, 9.17) is 15.2 Å². The molecule has 4 heteroatoms. The summed E-state index contributed by atoms with van der Waals surface area (Å²) in [5, 5.41) is 0. The summed E-state index contributed by atoms with van der Waals surface area (Å²) in [4.78, 5) is 0. The van der Waals surface area contributed by atoms with Crippen molar-refractivity contribution in [3.05, 3.63) is 53.8 Å². The largest absolute Gasteiger partial charge is 0.494 e. The van der Waals surface area contributed by atoms with E-state index in [1.54, 1.807) is 24.3 Å². The van der Waals surface area contributed by atoms with Gasteiger partial charge in [0.1, 0.15) is 23.1 Å². The highest BCUT2D eigenvalue weighted by Gasteiger charge is 2.09. The van der Waals surface area contributed by atoms with Gasteiger partial charge in [-0.2, -0.15) is 0 Å². The van der Waals surface area contributed by atoms with Crippen LogP contribution in [0, 0.1) is 5.82 Å². The lowest BCUT2D eigenvalue weighted by Gasteiger charge is -2.11. The zero-order valence-corrected chi connectivity index (χ0v) is 10.7. The van der Waals surface area contributed by atoms with Crippen molar-refractivity contribution < 1.29 is 13.9 Å². The molecule has 0 aliphatic heterocycles. The molecule has 0 saturated carbocycles. The molecule has 2 rings (SSSR count). The lowest BCUT2D eigenvalue weighted by Crippen LogP contribution is -2.02. The van der Waals surface area contributed by atoms with Gasteiger partial charge in [0.25, 0.3) is 0 Å². The van der Waals surface area contributed by atoms with E-state index in [0.717, 1.165) is 0 Å². The molecule has 0 saturated heterocycles. The number of nitrogens with two attached hydrogens (primary N) is 1. The number of rotatable bonds is 5. The number of halogens is 1. The molecule has 0 amide bonds. The Morgan fingerprint density at radius 3 is 2.58 bits per heavy atom. The molecule has 100 valence electrons. The van der Waals surface area contributed by atoms with E-state index in [9.17, 15) is 4.39 Å². The van der Waals surface area contributed by atoms with E-state index in [2.05, 4.69) is 0 Å². The zero-order chi connectivity index (χ0) is 13.7. The molecular weight excluding hydrogens is 245 g/mol. The Balaban J connectivity index is 2.26. The fourth-order valence-electron chi connectivity index (χ4n) is 1.75. The summed E-state index contributed by atoms with van der Waals surface area (Å²) in [7, 11) is 0. The topological polar surface area (TPSA) is 44.5 Å². The van der Waals surface area contributed by atoms with Crippen LogP contribution >= 0.6 is 0 Å². The van der Waals surface area contributed by atoms with E-state index >= 15 is 0 Å². The van der Waals surface area contributed by atoms with Gasteiger partial charge in [-0.1, -0.05) is 12.1 Å². The molecule has 0 aliphatic rings. The van der Waals surface area contributed by atoms with Crippen LogP contribution < -0.4 is 15.2 Å². The Morgan fingerprint density at radius 1 is 1.11 bits per heavy atom. The van der Waals surface area contributed by atoms with Crippen molar-refractivity contribution in [1.82, 2.24) is 0 Å². The molecule has 0 unspecified atom stereocenters. The molecule has 2 N–H and O–H groups in total. The van der Waals surface area contributed by atoms with Gasteiger partial charge in [-0.3, -0.25) is 0 Å². The van der Waals surface area contributed by atoms with Crippen LogP contribution in [0.4, 0.5) is 4.39 Å². The highest BCUT2D eigenvalue weighted by Crippen LogP contribution is 2.29. The molecule has 0 fully saturated rings. The maximum atomic E-state index is 13.6. The summed E-state index contributed by atoms with van der Waals surface area (Å²) in [6, 6.07) is 11.9. The van der Waals surface area contributed by atoms with Crippen LogP contribution in [0.25, 0.3) is 0 Å². The Hall–Kier alpha value is -2.07. The van der Waals surface area contributed by atoms with Crippen LogP contribution in [0.5, 0.6) is 17.2 Å². The van der Waals surface area contributed by atoms with E-state index in [-0.39, 0.29) is 12.4 Å².